The minimum atomic E-state index is -3.11. The van der Waals surface area contributed by atoms with Crippen molar-refractivity contribution in [2.24, 2.45) is 0 Å². The molecule has 122 valence electrons. The average Bonchev–Trinajstić information content (AvgIpc) is 2.95. The molecule has 0 N–H and O–H groups in total. The molecule has 0 spiro atoms. The van der Waals surface area contributed by atoms with E-state index < -0.39 is 21.9 Å². The fourth-order valence-corrected chi connectivity index (χ4v) is 5.07. The molecular formula is C17H20N2O3S. The summed E-state index contributed by atoms with van der Waals surface area (Å²) >= 11 is 0. The van der Waals surface area contributed by atoms with Crippen molar-refractivity contribution in [2.75, 3.05) is 11.5 Å². The van der Waals surface area contributed by atoms with Crippen molar-refractivity contribution < 1.29 is 13.2 Å². The van der Waals surface area contributed by atoms with Crippen molar-refractivity contribution in [1.82, 2.24) is 4.90 Å². The summed E-state index contributed by atoms with van der Waals surface area (Å²) in [6.07, 6.45) is 0.409. The molecule has 6 heteroatoms. The highest BCUT2D eigenvalue weighted by molar-refractivity contribution is 7.91. The molecule has 1 aromatic carbocycles. The molecule has 2 aliphatic rings. The van der Waals surface area contributed by atoms with Crippen molar-refractivity contribution >= 4 is 15.7 Å². The van der Waals surface area contributed by atoms with Crippen LogP contribution in [0.25, 0.3) is 0 Å². The quantitative estimate of drug-likeness (QED) is 0.790. The zero-order valence-corrected chi connectivity index (χ0v) is 14.4. The topological polar surface area (TPSA) is 78.2 Å². The van der Waals surface area contributed by atoms with Gasteiger partial charge in [0.15, 0.2) is 9.84 Å². The van der Waals surface area contributed by atoms with Gasteiger partial charge >= 0.3 is 0 Å². The summed E-state index contributed by atoms with van der Waals surface area (Å²) in [5, 5.41) is 9.59. The zero-order chi connectivity index (χ0) is 17.0. The maximum Gasteiger partial charge on any atom is 0.255 e. The maximum atomic E-state index is 12.7. The summed E-state index contributed by atoms with van der Waals surface area (Å²) in [6.45, 7) is 6.23. The van der Waals surface area contributed by atoms with Gasteiger partial charge in [-0.25, -0.2) is 8.42 Å². The Morgan fingerprint density at radius 1 is 1.30 bits per heavy atom. The first-order chi connectivity index (χ1) is 10.6. The fraction of sp³-hybridized carbons (Fsp3) is 0.529. The minimum Gasteiger partial charge on any atom is -0.314 e. The van der Waals surface area contributed by atoms with E-state index in [9.17, 15) is 18.5 Å². The molecule has 3 rings (SSSR count). The van der Waals surface area contributed by atoms with Crippen LogP contribution in [0, 0.1) is 11.3 Å². The molecule has 1 aromatic rings. The Bertz CT molecular complexity index is 815. The molecule has 5 nitrogen and oxygen atoms in total. The van der Waals surface area contributed by atoms with Gasteiger partial charge in [0.1, 0.15) is 6.04 Å². The molecule has 0 radical (unpaired) electrons. The number of sulfone groups is 1. The van der Waals surface area contributed by atoms with Crippen molar-refractivity contribution in [1.29, 1.82) is 5.26 Å². The van der Waals surface area contributed by atoms with Gasteiger partial charge in [0.05, 0.1) is 17.6 Å². The van der Waals surface area contributed by atoms with Crippen LogP contribution < -0.4 is 0 Å². The Balaban J connectivity index is 2.03. The van der Waals surface area contributed by atoms with Crippen LogP contribution in [-0.2, 0) is 15.3 Å². The van der Waals surface area contributed by atoms with E-state index in [1.807, 2.05) is 12.1 Å². The smallest absolute Gasteiger partial charge is 0.255 e. The van der Waals surface area contributed by atoms with E-state index in [2.05, 4.69) is 26.8 Å². The normalized spacial score (nSPS) is 26.2. The second-order valence-corrected chi connectivity index (χ2v) is 9.58. The van der Waals surface area contributed by atoms with Crippen LogP contribution in [0.3, 0.4) is 0 Å². The molecule has 0 aromatic heterocycles. The fourth-order valence-electron chi connectivity index (χ4n) is 3.36. The summed E-state index contributed by atoms with van der Waals surface area (Å²) in [5.74, 6) is -0.186. The SMILES string of the molecule is CC(C)(C)c1ccc2c(c1)C(C#N)N(C1CCS(=O)(=O)C1)C2=O. The Labute approximate surface area is 136 Å². The van der Waals surface area contributed by atoms with E-state index in [0.717, 1.165) is 5.56 Å². The van der Waals surface area contributed by atoms with Crippen LogP contribution in [0.5, 0.6) is 0 Å². The van der Waals surface area contributed by atoms with Gasteiger partial charge in [-0.1, -0.05) is 32.9 Å². The lowest BCUT2D eigenvalue weighted by Gasteiger charge is -2.26. The number of hydrogen-bond donors (Lipinski definition) is 0. The Hall–Kier alpha value is -1.87. The van der Waals surface area contributed by atoms with Crippen molar-refractivity contribution in [2.45, 2.75) is 44.7 Å². The number of nitrogens with zero attached hydrogens (tertiary/aromatic N) is 2. The monoisotopic (exact) mass is 332 g/mol. The number of hydrogen-bond acceptors (Lipinski definition) is 4. The number of nitriles is 1. The largest absolute Gasteiger partial charge is 0.314 e. The lowest BCUT2D eigenvalue weighted by Crippen LogP contribution is -2.38. The van der Waals surface area contributed by atoms with Gasteiger partial charge in [0.2, 0.25) is 0 Å². The molecule has 0 bridgehead atoms. The molecule has 2 unspecified atom stereocenters. The number of benzene rings is 1. The third-order valence-corrected chi connectivity index (χ3v) is 6.43. The van der Waals surface area contributed by atoms with E-state index in [0.29, 0.717) is 17.5 Å². The van der Waals surface area contributed by atoms with E-state index in [1.165, 1.54) is 4.90 Å². The maximum absolute atomic E-state index is 12.7. The van der Waals surface area contributed by atoms with Crippen LogP contribution >= 0.6 is 0 Å². The summed E-state index contributed by atoms with van der Waals surface area (Å²) in [7, 11) is -3.11. The van der Waals surface area contributed by atoms with Gasteiger partial charge in [-0.3, -0.25) is 4.79 Å². The highest BCUT2D eigenvalue weighted by atomic mass is 32.2. The van der Waals surface area contributed by atoms with Gasteiger partial charge in [-0.05, 0) is 23.5 Å². The van der Waals surface area contributed by atoms with Crippen LogP contribution in [0.15, 0.2) is 18.2 Å². The second-order valence-electron chi connectivity index (χ2n) is 7.35. The van der Waals surface area contributed by atoms with Gasteiger partial charge in [-0.2, -0.15) is 5.26 Å². The number of carbonyl (C=O) groups is 1. The highest BCUT2D eigenvalue weighted by Crippen LogP contribution is 2.39. The Morgan fingerprint density at radius 3 is 2.52 bits per heavy atom. The van der Waals surface area contributed by atoms with Crippen molar-refractivity contribution in [3.8, 4) is 6.07 Å². The van der Waals surface area contributed by atoms with Gasteiger partial charge in [0, 0.05) is 17.2 Å². The van der Waals surface area contributed by atoms with Crippen molar-refractivity contribution in [3.63, 3.8) is 0 Å². The van der Waals surface area contributed by atoms with Gasteiger partial charge < -0.3 is 4.90 Å². The highest BCUT2D eigenvalue weighted by Gasteiger charge is 2.44. The molecule has 0 aliphatic carbocycles. The van der Waals surface area contributed by atoms with Crippen LogP contribution in [0.4, 0.5) is 0 Å². The number of carbonyl (C=O) groups excluding carboxylic acids is 1. The molecule has 2 atom stereocenters. The Morgan fingerprint density at radius 2 is 2.00 bits per heavy atom. The first-order valence-corrected chi connectivity index (χ1v) is 9.53. The first kappa shape index (κ1) is 16.0. The summed E-state index contributed by atoms with van der Waals surface area (Å²) in [6, 6.07) is 6.71. The van der Waals surface area contributed by atoms with E-state index in [-0.39, 0.29) is 22.8 Å². The molecule has 23 heavy (non-hydrogen) atoms. The predicted molar refractivity (Wildman–Crippen MR) is 86.7 cm³/mol. The lowest BCUT2D eigenvalue weighted by molar-refractivity contribution is 0.0694. The van der Waals surface area contributed by atoms with Crippen LogP contribution in [0.2, 0.25) is 0 Å². The van der Waals surface area contributed by atoms with Gasteiger partial charge in [-0.15, -0.1) is 0 Å². The third kappa shape index (κ3) is 2.63. The molecular weight excluding hydrogens is 312 g/mol. The van der Waals surface area contributed by atoms with Crippen LogP contribution in [-0.4, -0.2) is 36.8 Å². The average molecular weight is 332 g/mol. The lowest BCUT2D eigenvalue weighted by atomic mass is 9.85. The number of amides is 1. The second kappa shape index (κ2) is 5.07. The third-order valence-electron chi connectivity index (χ3n) is 4.68. The molecule has 1 amide bonds. The predicted octanol–water partition coefficient (Wildman–Crippen LogP) is 2.19. The standard InChI is InChI=1S/C17H20N2O3S/c1-17(2,3)11-4-5-13-14(8-11)15(9-18)19(16(13)20)12-6-7-23(21,22)10-12/h4-5,8,12,15H,6-7,10H2,1-3H3. The van der Waals surface area contributed by atoms with E-state index in [1.54, 1.807) is 6.07 Å². The number of rotatable bonds is 1. The Kier molecular flexibility index (Phi) is 3.53. The summed E-state index contributed by atoms with van der Waals surface area (Å²) in [5.41, 5.74) is 2.20. The summed E-state index contributed by atoms with van der Waals surface area (Å²) in [4.78, 5) is 14.2. The molecule has 0 saturated carbocycles. The molecule has 1 saturated heterocycles. The van der Waals surface area contributed by atoms with E-state index >= 15 is 0 Å². The van der Waals surface area contributed by atoms with Crippen molar-refractivity contribution in [3.05, 3.63) is 34.9 Å². The first-order valence-electron chi connectivity index (χ1n) is 7.71. The molecule has 2 heterocycles. The van der Waals surface area contributed by atoms with E-state index in [4.69, 9.17) is 0 Å². The van der Waals surface area contributed by atoms with Crippen LogP contribution in [0.1, 0.15) is 54.7 Å². The molecule has 2 aliphatic heterocycles. The summed E-state index contributed by atoms with van der Waals surface area (Å²) < 4.78 is 23.5. The zero-order valence-electron chi connectivity index (χ0n) is 13.5. The minimum absolute atomic E-state index is 0.0446. The van der Waals surface area contributed by atoms with Gasteiger partial charge in [0.25, 0.3) is 5.91 Å². The molecule has 1 fully saturated rings. The number of fused-ring (bicyclic) bond motifs is 1.